The molecule has 2 aromatic rings. The molecule has 0 N–H and O–H groups in total. The van der Waals surface area contributed by atoms with Gasteiger partial charge in [-0.25, -0.2) is 4.79 Å². The first kappa shape index (κ1) is 19.3. The molecule has 1 aliphatic rings. The fourth-order valence-electron chi connectivity index (χ4n) is 3.24. The number of allylic oxidation sites excluding steroid dienone is 1. The van der Waals surface area contributed by atoms with Crippen LogP contribution < -0.4 is 0 Å². The fraction of sp³-hybridized carbons (Fsp3) is 0.238. The molecule has 0 aliphatic carbocycles. The van der Waals surface area contributed by atoms with Gasteiger partial charge >= 0.3 is 5.97 Å². The van der Waals surface area contributed by atoms with Gasteiger partial charge in [0, 0.05) is 24.3 Å². The van der Waals surface area contributed by atoms with E-state index in [0.29, 0.717) is 17.7 Å². The number of hydrogen-bond acceptors (Lipinski definition) is 6. The Hall–Kier alpha value is -3.48. The lowest BCUT2D eigenvalue weighted by molar-refractivity contribution is -0.385. The summed E-state index contributed by atoms with van der Waals surface area (Å²) in [5.74, 6) is -0.468. The third kappa shape index (κ3) is 4.09. The van der Waals surface area contributed by atoms with E-state index in [1.807, 2.05) is 30.3 Å². The molecule has 1 unspecified atom stereocenters. The second-order valence-corrected chi connectivity index (χ2v) is 6.33. The zero-order valence-corrected chi connectivity index (χ0v) is 15.7. The van der Waals surface area contributed by atoms with Crippen molar-refractivity contribution in [1.82, 2.24) is 5.01 Å². The molecule has 2 aromatic carbocycles. The topological polar surface area (TPSA) is 85.0 Å². The van der Waals surface area contributed by atoms with Gasteiger partial charge in [-0.05, 0) is 25.5 Å². The SMILES string of the molecule is CCOC(=O)/C=C(\C)N1N=C(c2ccccc2)CC1c1ccccc1[N+](=O)[O-]. The van der Waals surface area contributed by atoms with E-state index in [9.17, 15) is 14.9 Å². The molecule has 0 saturated heterocycles. The van der Waals surface area contributed by atoms with Gasteiger partial charge in [0.2, 0.25) is 0 Å². The summed E-state index contributed by atoms with van der Waals surface area (Å²) in [6.45, 7) is 3.75. The molecular weight excluding hydrogens is 358 g/mol. The molecule has 0 fully saturated rings. The zero-order chi connectivity index (χ0) is 20.1. The normalized spacial score (nSPS) is 16.6. The van der Waals surface area contributed by atoms with Gasteiger partial charge in [-0.1, -0.05) is 42.5 Å². The Morgan fingerprint density at radius 1 is 1.25 bits per heavy atom. The Bertz CT molecular complexity index is 938. The first-order valence-corrected chi connectivity index (χ1v) is 9.01. The van der Waals surface area contributed by atoms with Crippen LogP contribution in [0.4, 0.5) is 5.69 Å². The van der Waals surface area contributed by atoms with Crippen LogP contribution in [-0.4, -0.2) is 28.2 Å². The smallest absolute Gasteiger partial charge is 0.332 e. The first-order valence-electron chi connectivity index (χ1n) is 9.01. The minimum absolute atomic E-state index is 0.0333. The molecule has 0 spiro atoms. The van der Waals surface area contributed by atoms with E-state index in [0.717, 1.165) is 11.3 Å². The summed E-state index contributed by atoms with van der Waals surface area (Å²) in [4.78, 5) is 23.0. The number of nitro benzene ring substituents is 1. The van der Waals surface area contributed by atoms with Gasteiger partial charge in [0.15, 0.2) is 0 Å². The number of nitrogens with zero attached hydrogens (tertiary/aromatic N) is 3. The predicted octanol–water partition coefficient (Wildman–Crippen LogP) is 4.21. The number of hydrazone groups is 1. The van der Waals surface area contributed by atoms with Crippen molar-refractivity contribution in [2.24, 2.45) is 5.10 Å². The maximum atomic E-state index is 11.9. The van der Waals surface area contributed by atoms with Crippen LogP contribution in [-0.2, 0) is 9.53 Å². The molecule has 0 aromatic heterocycles. The van der Waals surface area contributed by atoms with Gasteiger partial charge in [-0.15, -0.1) is 0 Å². The van der Waals surface area contributed by atoms with Crippen LogP contribution in [0.1, 0.15) is 37.4 Å². The average Bonchev–Trinajstić information content (AvgIpc) is 3.14. The van der Waals surface area contributed by atoms with E-state index in [-0.39, 0.29) is 18.3 Å². The van der Waals surface area contributed by atoms with Crippen LogP contribution in [0.2, 0.25) is 0 Å². The van der Waals surface area contributed by atoms with E-state index >= 15 is 0 Å². The molecule has 0 amide bonds. The molecule has 0 saturated carbocycles. The molecular formula is C21H21N3O4. The van der Waals surface area contributed by atoms with Crippen molar-refractivity contribution in [2.75, 3.05) is 6.61 Å². The number of ether oxygens (including phenoxy) is 1. The predicted molar refractivity (Wildman–Crippen MR) is 106 cm³/mol. The van der Waals surface area contributed by atoms with Crippen LogP contribution in [0, 0.1) is 10.1 Å². The second-order valence-electron chi connectivity index (χ2n) is 6.33. The number of hydrogen-bond donors (Lipinski definition) is 0. The van der Waals surface area contributed by atoms with Gasteiger partial charge < -0.3 is 4.74 Å². The number of carbonyl (C=O) groups excluding carboxylic acids is 1. The largest absolute Gasteiger partial charge is 0.463 e. The number of rotatable bonds is 6. The number of para-hydroxylation sites is 1. The summed E-state index contributed by atoms with van der Waals surface area (Å²) in [7, 11) is 0. The van der Waals surface area contributed by atoms with Crippen molar-refractivity contribution in [2.45, 2.75) is 26.3 Å². The van der Waals surface area contributed by atoms with Crippen molar-refractivity contribution >= 4 is 17.4 Å². The van der Waals surface area contributed by atoms with Crippen LogP contribution >= 0.6 is 0 Å². The van der Waals surface area contributed by atoms with Gasteiger partial charge in [-0.3, -0.25) is 15.1 Å². The number of esters is 1. The van der Waals surface area contributed by atoms with Gasteiger partial charge in [0.25, 0.3) is 5.69 Å². The van der Waals surface area contributed by atoms with Crippen LogP contribution in [0.3, 0.4) is 0 Å². The van der Waals surface area contributed by atoms with Gasteiger partial charge in [-0.2, -0.15) is 5.10 Å². The molecule has 28 heavy (non-hydrogen) atoms. The maximum Gasteiger partial charge on any atom is 0.332 e. The number of nitro groups is 1. The Morgan fingerprint density at radius 2 is 1.93 bits per heavy atom. The lowest BCUT2D eigenvalue weighted by Gasteiger charge is -2.24. The van der Waals surface area contributed by atoms with Gasteiger partial charge in [0.05, 0.1) is 28.8 Å². The summed E-state index contributed by atoms with van der Waals surface area (Å²) in [6.07, 6.45) is 1.85. The zero-order valence-electron chi connectivity index (χ0n) is 15.7. The molecule has 0 radical (unpaired) electrons. The number of carbonyl (C=O) groups is 1. The monoisotopic (exact) mass is 379 g/mol. The summed E-state index contributed by atoms with van der Waals surface area (Å²) < 4.78 is 4.99. The molecule has 7 nitrogen and oxygen atoms in total. The lowest BCUT2D eigenvalue weighted by Crippen LogP contribution is -2.19. The van der Waals surface area contributed by atoms with E-state index in [1.54, 1.807) is 37.1 Å². The van der Waals surface area contributed by atoms with Crippen molar-refractivity contribution in [1.29, 1.82) is 0 Å². The minimum Gasteiger partial charge on any atom is -0.463 e. The Kier molecular flexibility index (Phi) is 5.84. The molecule has 1 atom stereocenters. The minimum atomic E-state index is -0.468. The van der Waals surface area contributed by atoms with Crippen molar-refractivity contribution in [3.05, 3.63) is 87.6 Å². The van der Waals surface area contributed by atoms with Crippen molar-refractivity contribution in [3.63, 3.8) is 0 Å². The highest BCUT2D eigenvalue weighted by atomic mass is 16.6. The Labute approximate surface area is 163 Å². The third-order valence-electron chi connectivity index (χ3n) is 4.48. The Morgan fingerprint density at radius 3 is 2.61 bits per heavy atom. The average molecular weight is 379 g/mol. The second kappa shape index (κ2) is 8.47. The van der Waals surface area contributed by atoms with E-state index in [1.165, 1.54) is 12.1 Å². The highest BCUT2D eigenvalue weighted by molar-refractivity contribution is 6.02. The fourth-order valence-corrected chi connectivity index (χ4v) is 3.24. The Balaban J connectivity index is 2.03. The quantitative estimate of drug-likeness (QED) is 0.325. The summed E-state index contributed by atoms with van der Waals surface area (Å²) in [5.41, 5.74) is 2.90. The van der Waals surface area contributed by atoms with E-state index in [4.69, 9.17) is 4.74 Å². The molecule has 0 bridgehead atoms. The molecule has 1 heterocycles. The first-order chi connectivity index (χ1) is 13.5. The molecule has 144 valence electrons. The van der Waals surface area contributed by atoms with Crippen molar-refractivity contribution in [3.8, 4) is 0 Å². The maximum absolute atomic E-state index is 11.9. The molecule has 1 aliphatic heterocycles. The van der Waals surface area contributed by atoms with E-state index in [2.05, 4.69) is 5.10 Å². The summed E-state index contributed by atoms with van der Waals surface area (Å²) >= 11 is 0. The number of benzene rings is 2. The standard InChI is InChI=1S/C21H21N3O4/c1-3-28-21(25)13-15(2)23-20(17-11-7-8-12-19(17)24(26)27)14-18(22-23)16-9-5-4-6-10-16/h4-13,20H,3,14H2,1-2H3/b15-13+. The van der Waals surface area contributed by atoms with Crippen LogP contribution in [0.5, 0.6) is 0 Å². The van der Waals surface area contributed by atoms with Gasteiger partial charge in [0.1, 0.15) is 0 Å². The lowest BCUT2D eigenvalue weighted by atomic mass is 9.97. The van der Waals surface area contributed by atoms with E-state index < -0.39 is 10.9 Å². The van der Waals surface area contributed by atoms with Crippen LogP contribution in [0.25, 0.3) is 0 Å². The summed E-state index contributed by atoms with van der Waals surface area (Å²) in [6, 6.07) is 15.9. The molecule has 3 rings (SSSR count). The highest BCUT2D eigenvalue weighted by Crippen LogP contribution is 2.39. The third-order valence-corrected chi connectivity index (χ3v) is 4.48. The highest BCUT2D eigenvalue weighted by Gasteiger charge is 2.34. The van der Waals surface area contributed by atoms with Crippen molar-refractivity contribution < 1.29 is 14.5 Å². The van der Waals surface area contributed by atoms with Crippen LogP contribution in [0.15, 0.2) is 71.5 Å². The molecule has 7 heteroatoms. The summed E-state index contributed by atoms with van der Waals surface area (Å²) in [5, 5.41) is 17.9.